The summed E-state index contributed by atoms with van der Waals surface area (Å²) in [5.41, 5.74) is 1.42. The zero-order valence-electron chi connectivity index (χ0n) is 16.5. The number of hydrogen-bond donors (Lipinski definition) is 0. The van der Waals surface area contributed by atoms with Crippen LogP contribution < -0.4 is 9.80 Å². The number of para-hydroxylation sites is 1. The van der Waals surface area contributed by atoms with Gasteiger partial charge >= 0.3 is 0 Å². The number of rotatable bonds is 3. The zero-order valence-corrected chi connectivity index (χ0v) is 18.1. The normalized spacial score (nSPS) is 21.4. The first kappa shape index (κ1) is 20.7. The van der Waals surface area contributed by atoms with E-state index in [-0.39, 0.29) is 17.8 Å². The minimum absolute atomic E-state index is 0.0188. The van der Waals surface area contributed by atoms with Crippen LogP contribution >= 0.6 is 11.6 Å². The van der Waals surface area contributed by atoms with Crippen LogP contribution in [0, 0.1) is 5.82 Å². The standard InChI is InChI=1S/C23H16ClFN2O4S/c24-16-4-3-5-18(12-16)27-21(28)14-32(30,31)23(27)19-6-1-2-7-20(19)26(22(23)29)13-15-8-10-17(25)11-9-15/h1-12H,13-14H2/t23-/m0/s1. The van der Waals surface area contributed by atoms with Gasteiger partial charge in [-0.25, -0.2) is 12.8 Å². The van der Waals surface area contributed by atoms with E-state index in [2.05, 4.69) is 0 Å². The van der Waals surface area contributed by atoms with Crippen LogP contribution in [-0.4, -0.2) is 26.0 Å². The largest absolute Gasteiger partial charge is 0.304 e. The minimum Gasteiger partial charge on any atom is -0.304 e. The van der Waals surface area contributed by atoms with Crippen LogP contribution in [0.3, 0.4) is 0 Å². The smallest absolute Gasteiger partial charge is 0.274 e. The lowest BCUT2D eigenvalue weighted by atomic mass is 10.0. The first-order valence-corrected chi connectivity index (χ1v) is 11.8. The molecule has 162 valence electrons. The van der Waals surface area contributed by atoms with Gasteiger partial charge in [0.05, 0.1) is 12.2 Å². The molecule has 3 aromatic carbocycles. The highest BCUT2D eigenvalue weighted by molar-refractivity contribution is 7.94. The maximum atomic E-state index is 13.9. The van der Waals surface area contributed by atoms with E-state index in [0.717, 1.165) is 4.90 Å². The van der Waals surface area contributed by atoms with Crippen molar-refractivity contribution in [2.45, 2.75) is 11.4 Å². The molecule has 2 aliphatic rings. The summed E-state index contributed by atoms with van der Waals surface area (Å²) in [7, 11) is -4.26. The van der Waals surface area contributed by atoms with Gasteiger partial charge in [-0.2, -0.15) is 0 Å². The van der Waals surface area contributed by atoms with E-state index in [0.29, 0.717) is 16.3 Å². The molecule has 32 heavy (non-hydrogen) atoms. The van der Waals surface area contributed by atoms with Gasteiger partial charge in [-0.1, -0.05) is 48.0 Å². The second-order valence-electron chi connectivity index (χ2n) is 7.65. The molecular formula is C23H16ClFN2O4S. The summed E-state index contributed by atoms with van der Waals surface area (Å²) in [4.78, 5) is 27.1. The molecule has 5 rings (SSSR count). The summed E-state index contributed by atoms with van der Waals surface area (Å²) in [6, 6.07) is 18.3. The number of hydrogen-bond acceptors (Lipinski definition) is 4. The lowest BCUT2D eigenvalue weighted by molar-refractivity contribution is -0.123. The third-order valence-corrected chi connectivity index (χ3v) is 8.08. The Balaban J connectivity index is 1.73. The Hall–Kier alpha value is -3.23. The molecule has 0 saturated carbocycles. The highest BCUT2D eigenvalue weighted by atomic mass is 35.5. The molecule has 1 atom stereocenters. The van der Waals surface area contributed by atoms with Gasteiger partial charge in [0.25, 0.3) is 10.8 Å². The van der Waals surface area contributed by atoms with Crippen LogP contribution in [0.2, 0.25) is 5.02 Å². The summed E-state index contributed by atoms with van der Waals surface area (Å²) in [5, 5.41) is 0.302. The molecule has 0 bridgehead atoms. The number of benzene rings is 3. The number of carbonyl (C=O) groups excluding carboxylic acids is 2. The van der Waals surface area contributed by atoms with Gasteiger partial charge in [0, 0.05) is 16.3 Å². The Labute approximate surface area is 188 Å². The van der Waals surface area contributed by atoms with Crippen molar-refractivity contribution in [2.24, 2.45) is 0 Å². The molecule has 3 aromatic rings. The van der Waals surface area contributed by atoms with Crippen LogP contribution in [0.5, 0.6) is 0 Å². The van der Waals surface area contributed by atoms with Crippen molar-refractivity contribution >= 4 is 44.6 Å². The topological polar surface area (TPSA) is 74.8 Å². The first-order chi connectivity index (χ1) is 15.3. The molecule has 2 amide bonds. The van der Waals surface area contributed by atoms with Crippen molar-refractivity contribution in [3.63, 3.8) is 0 Å². The van der Waals surface area contributed by atoms with Crippen molar-refractivity contribution in [1.29, 1.82) is 0 Å². The number of fused-ring (bicyclic) bond motifs is 2. The summed E-state index contributed by atoms with van der Waals surface area (Å²) < 4.78 is 40.3. The van der Waals surface area contributed by atoms with E-state index < -0.39 is 38.1 Å². The van der Waals surface area contributed by atoms with Crippen molar-refractivity contribution in [3.05, 3.63) is 94.8 Å². The fourth-order valence-corrected chi connectivity index (χ4v) is 6.65. The number of carbonyl (C=O) groups is 2. The van der Waals surface area contributed by atoms with E-state index in [4.69, 9.17) is 11.6 Å². The van der Waals surface area contributed by atoms with Gasteiger partial charge < -0.3 is 4.90 Å². The van der Waals surface area contributed by atoms with Crippen molar-refractivity contribution in [3.8, 4) is 0 Å². The predicted octanol–water partition coefficient (Wildman–Crippen LogP) is 3.64. The quantitative estimate of drug-likeness (QED) is 0.585. The summed E-state index contributed by atoms with van der Waals surface area (Å²) >= 11 is 6.11. The Morgan fingerprint density at radius 1 is 0.969 bits per heavy atom. The van der Waals surface area contributed by atoms with Gasteiger partial charge in [-0.05, 0) is 42.0 Å². The maximum Gasteiger partial charge on any atom is 0.274 e. The molecule has 1 spiro atoms. The average Bonchev–Trinajstić information content (AvgIpc) is 3.12. The molecular weight excluding hydrogens is 455 g/mol. The maximum absolute atomic E-state index is 13.9. The van der Waals surface area contributed by atoms with Gasteiger partial charge in [0.2, 0.25) is 5.91 Å². The lowest BCUT2D eigenvalue weighted by Gasteiger charge is -2.32. The van der Waals surface area contributed by atoms with E-state index in [9.17, 15) is 22.4 Å². The van der Waals surface area contributed by atoms with Gasteiger partial charge in [0.15, 0.2) is 9.84 Å². The summed E-state index contributed by atoms with van der Waals surface area (Å²) in [5.74, 6) is -2.69. The molecule has 1 fully saturated rings. The number of amides is 2. The van der Waals surface area contributed by atoms with E-state index in [1.807, 2.05) is 0 Å². The molecule has 2 heterocycles. The van der Waals surface area contributed by atoms with Crippen LogP contribution in [0.25, 0.3) is 0 Å². The Bertz CT molecular complexity index is 1380. The first-order valence-electron chi connectivity index (χ1n) is 9.72. The molecule has 2 aliphatic heterocycles. The average molecular weight is 471 g/mol. The summed E-state index contributed by atoms with van der Waals surface area (Å²) in [6.07, 6.45) is 0. The number of halogens is 2. The van der Waals surface area contributed by atoms with Gasteiger partial charge in [-0.15, -0.1) is 0 Å². The number of anilines is 2. The fraction of sp³-hybridized carbons (Fsp3) is 0.130. The Morgan fingerprint density at radius 3 is 2.41 bits per heavy atom. The van der Waals surface area contributed by atoms with Crippen molar-refractivity contribution in [1.82, 2.24) is 0 Å². The highest BCUT2D eigenvalue weighted by Crippen LogP contribution is 2.52. The van der Waals surface area contributed by atoms with Crippen LogP contribution in [0.15, 0.2) is 72.8 Å². The van der Waals surface area contributed by atoms with Crippen LogP contribution in [-0.2, 0) is 30.8 Å². The molecule has 0 aliphatic carbocycles. The number of sulfone groups is 1. The van der Waals surface area contributed by atoms with Crippen molar-refractivity contribution in [2.75, 3.05) is 15.6 Å². The molecule has 0 aromatic heterocycles. The molecule has 9 heteroatoms. The van der Waals surface area contributed by atoms with Gasteiger partial charge in [-0.3, -0.25) is 14.5 Å². The van der Waals surface area contributed by atoms with Gasteiger partial charge in [0.1, 0.15) is 11.6 Å². The molecule has 6 nitrogen and oxygen atoms in total. The molecule has 0 N–H and O–H groups in total. The van der Waals surface area contributed by atoms with E-state index in [1.54, 1.807) is 42.5 Å². The SMILES string of the molecule is O=C1CS(=O)(=O)[C@@]2(C(=O)N(Cc3ccc(F)cc3)c3ccccc32)N1c1cccc(Cl)c1. The van der Waals surface area contributed by atoms with Crippen molar-refractivity contribution < 1.29 is 22.4 Å². The fourth-order valence-electron chi connectivity index (χ4n) is 4.44. The third kappa shape index (κ3) is 2.79. The van der Waals surface area contributed by atoms with Crippen LogP contribution in [0.4, 0.5) is 15.8 Å². The third-order valence-electron chi connectivity index (χ3n) is 5.74. The Morgan fingerprint density at radius 2 is 1.69 bits per heavy atom. The minimum atomic E-state index is -4.26. The molecule has 0 unspecified atom stereocenters. The lowest BCUT2D eigenvalue weighted by Crippen LogP contribution is -2.54. The summed E-state index contributed by atoms with van der Waals surface area (Å²) in [6.45, 7) is 0.0188. The second-order valence-corrected chi connectivity index (χ2v) is 10.2. The predicted molar refractivity (Wildman–Crippen MR) is 118 cm³/mol. The molecule has 1 saturated heterocycles. The van der Waals surface area contributed by atoms with Crippen LogP contribution in [0.1, 0.15) is 11.1 Å². The monoisotopic (exact) mass is 470 g/mol. The Kier molecular flexibility index (Phi) is 4.61. The highest BCUT2D eigenvalue weighted by Gasteiger charge is 2.69. The second kappa shape index (κ2) is 7.15. The van der Waals surface area contributed by atoms with E-state index >= 15 is 0 Å². The molecule has 0 radical (unpaired) electrons. The number of nitrogens with zero attached hydrogens (tertiary/aromatic N) is 2. The zero-order chi connectivity index (χ0) is 22.7. The van der Waals surface area contributed by atoms with E-state index in [1.165, 1.54) is 35.2 Å².